The standard InChI is InChI=1S/C38H35BN2OSi/c1-2-42-33-23-25-36(26-24-33)43(34-19-11-5-12-20-34,35-21-13-6-14-22-35)30-41-28-27-40-38(41)39-37(32-17-9-4-10-18-32)29-31-15-7-3-8-16-31/h3-29,39H,2,30H2,1H3. The van der Waals surface area contributed by atoms with Crippen molar-refractivity contribution in [2.75, 3.05) is 6.61 Å². The highest BCUT2D eigenvalue weighted by atomic mass is 28.3. The Morgan fingerprint density at radius 1 is 0.698 bits per heavy atom. The lowest BCUT2D eigenvalue weighted by Gasteiger charge is -2.34. The minimum absolute atomic E-state index is 0.651. The van der Waals surface area contributed by atoms with Crippen LogP contribution in [0, 0.1) is 0 Å². The number of benzene rings is 5. The molecule has 0 atom stereocenters. The lowest BCUT2D eigenvalue weighted by atomic mass is 9.65. The highest BCUT2D eigenvalue weighted by molar-refractivity contribution is 7.10. The maximum Gasteiger partial charge on any atom is 0.239 e. The molecule has 0 aliphatic heterocycles. The van der Waals surface area contributed by atoms with Crippen LogP contribution in [0.5, 0.6) is 5.75 Å². The Balaban J connectivity index is 1.47. The van der Waals surface area contributed by atoms with Gasteiger partial charge in [0.25, 0.3) is 0 Å². The largest absolute Gasteiger partial charge is 0.494 e. The van der Waals surface area contributed by atoms with E-state index in [9.17, 15) is 0 Å². The summed E-state index contributed by atoms with van der Waals surface area (Å²) in [5.74, 6) is 0.900. The van der Waals surface area contributed by atoms with E-state index >= 15 is 0 Å². The van der Waals surface area contributed by atoms with E-state index in [1.54, 1.807) is 0 Å². The van der Waals surface area contributed by atoms with Gasteiger partial charge in [0.05, 0.1) is 12.3 Å². The molecule has 0 aliphatic rings. The average molecular weight is 575 g/mol. The lowest BCUT2D eigenvalue weighted by molar-refractivity contribution is 0.340. The summed E-state index contributed by atoms with van der Waals surface area (Å²) in [5.41, 5.74) is 4.70. The molecule has 0 N–H and O–H groups in total. The average Bonchev–Trinajstić information content (AvgIpc) is 3.51. The third-order valence-electron chi connectivity index (χ3n) is 8.03. The molecule has 0 saturated carbocycles. The molecule has 1 aromatic heterocycles. The van der Waals surface area contributed by atoms with Crippen molar-refractivity contribution in [2.45, 2.75) is 13.1 Å². The third-order valence-corrected chi connectivity index (χ3v) is 12.8. The second-order valence-corrected chi connectivity index (χ2v) is 14.5. The van der Waals surface area contributed by atoms with Gasteiger partial charge in [-0.3, -0.25) is 4.98 Å². The van der Waals surface area contributed by atoms with Gasteiger partial charge in [-0.25, -0.2) is 0 Å². The van der Waals surface area contributed by atoms with Crippen molar-refractivity contribution in [2.24, 2.45) is 0 Å². The van der Waals surface area contributed by atoms with Crippen LogP contribution in [0.1, 0.15) is 18.1 Å². The van der Waals surface area contributed by atoms with Crippen LogP contribution in [-0.4, -0.2) is 31.5 Å². The second kappa shape index (κ2) is 13.4. The molecule has 43 heavy (non-hydrogen) atoms. The molecule has 0 radical (unpaired) electrons. The summed E-state index contributed by atoms with van der Waals surface area (Å²) in [7, 11) is -1.84. The van der Waals surface area contributed by atoms with Crippen molar-refractivity contribution < 1.29 is 4.74 Å². The molecule has 0 amide bonds. The summed E-state index contributed by atoms with van der Waals surface area (Å²) in [6.45, 7) is 2.68. The maximum absolute atomic E-state index is 5.84. The van der Waals surface area contributed by atoms with Gasteiger partial charge in [-0.05, 0) is 45.7 Å². The van der Waals surface area contributed by atoms with E-state index in [1.165, 1.54) is 32.2 Å². The molecule has 1 heterocycles. The van der Waals surface area contributed by atoms with E-state index in [2.05, 4.69) is 162 Å². The van der Waals surface area contributed by atoms with E-state index in [0.29, 0.717) is 6.61 Å². The first-order chi connectivity index (χ1) is 21.3. The van der Waals surface area contributed by atoms with Gasteiger partial charge in [0.15, 0.2) is 8.07 Å². The van der Waals surface area contributed by atoms with Gasteiger partial charge in [-0.1, -0.05) is 145 Å². The normalized spacial score (nSPS) is 11.7. The number of hydrogen-bond acceptors (Lipinski definition) is 2. The predicted octanol–water partition coefficient (Wildman–Crippen LogP) is 5.25. The fraction of sp³-hybridized carbons (Fsp3) is 0.0789. The zero-order chi connectivity index (χ0) is 29.3. The Labute approximate surface area is 256 Å². The van der Waals surface area contributed by atoms with Gasteiger partial charge in [-0.15, -0.1) is 0 Å². The van der Waals surface area contributed by atoms with Crippen LogP contribution >= 0.6 is 0 Å². The second-order valence-electron chi connectivity index (χ2n) is 10.7. The fourth-order valence-electron chi connectivity index (χ4n) is 5.94. The van der Waals surface area contributed by atoms with E-state index in [1.807, 2.05) is 13.1 Å². The summed E-state index contributed by atoms with van der Waals surface area (Å²) >= 11 is 0. The van der Waals surface area contributed by atoms with Crippen LogP contribution in [-0.2, 0) is 6.17 Å². The molecule has 6 aromatic rings. The minimum Gasteiger partial charge on any atom is -0.494 e. The van der Waals surface area contributed by atoms with Crippen molar-refractivity contribution in [1.29, 1.82) is 0 Å². The van der Waals surface area contributed by atoms with Crippen molar-refractivity contribution >= 4 is 48.2 Å². The van der Waals surface area contributed by atoms with Crippen molar-refractivity contribution in [1.82, 2.24) is 9.55 Å². The SMILES string of the molecule is CCOc1ccc([Si](Cn2ccnc2BC(=Cc2ccccc2)c2ccccc2)(c2ccccc2)c2ccccc2)cc1. The molecule has 210 valence electrons. The summed E-state index contributed by atoms with van der Waals surface area (Å²) < 4.78 is 8.23. The number of ether oxygens (including phenoxy) is 1. The van der Waals surface area contributed by atoms with Gasteiger partial charge in [0.1, 0.15) is 5.75 Å². The monoisotopic (exact) mass is 574 g/mol. The van der Waals surface area contributed by atoms with Crippen LogP contribution in [0.4, 0.5) is 0 Å². The predicted molar refractivity (Wildman–Crippen MR) is 185 cm³/mol. The van der Waals surface area contributed by atoms with Crippen LogP contribution < -0.4 is 26.0 Å². The molecular weight excluding hydrogens is 539 g/mol. The Morgan fingerprint density at radius 2 is 1.23 bits per heavy atom. The highest BCUT2D eigenvalue weighted by Crippen LogP contribution is 2.18. The summed E-state index contributed by atoms with van der Waals surface area (Å²) in [4.78, 5) is 4.95. The zero-order valence-corrected chi connectivity index (χ0v) is 25.5. The quantitative estimate of drug-likeness (QED) is 0.120. The number of hydrogen-bond donors (Lipinski definition) is 0. The van der Waals surface area contributed by atoms with Gasteiger partial charge >= 0.3 is 0 Å². The first-order valence-corrected chi connectivity index (χ1v) is 17.1. The van der Waals surface area contributed by atoms with Gasteiger partial charge in [0.2, 0.25) is 7.28 Å². The number of nitrogens with zero attached hydrogens (tertiary/aromatic N) is 2. The first kappa shape index (κ1) is 28.3. The van der Waals surface area contributed by atoms with Crippen LogP contribution in [0.15, 0.2) is 158 Å². The van der Waals surface area contributed by atoms with Crippen molar-refractivity contribution in [3.8, 4) is 5.75 Å². The summed E-state index contributed by atoms with van der Waals surface area (Å²) in [5, 5.41) is 4.08. The minimum atomic E-state index is -2.56. The molecule has 0 unspecified atom stereocenters. The van der Waals surface area contributed by atoms with Gasteiger partial charge in [0, 0.05) is 18.6 Å². The molecule has 0 saturated heterocycles. The van der Waals surface area contributed by atoms with Crippen LogP contribution in [0.25, 0.3) is 11.5 Å². The molecule has 5 aromatic carbocycles. The lowest BCUT2D eigenvalue weighted by Crippen LogP contribution is -2.70. The molecule has 0 bridgehead atoms. The van der Waals surface area contributed by atoms with Crippen molar-refractivity contribution in [3.05, 3.63) is 169 Å². The van der Waals surface area contributed by atoms with Crippen molar-refractivity contribution in [3.63, 3.8) is 0 Å². The smallest absolute Gasteiger partial charge is 0.239 e. The van der Waals surface area contributed by atoms with Crippen LogP contribution in [0.3, 0.4) is 0 Å². The summed E-state index contributed by atoms with van der Waals surface area (Å²) in [6.07, 6.45) is 7.23. The number of imidazole rings is 1. The summed E-state index contributed by atoms with van der Waals surface area (Å²) in [6, 6.07) is 52.1. The Morgan fingerprint density at radius 3 is 1.81 bits per heavy atom. The molecular formula is C38H35BN2OSi. The molecule has 0 spiro atoms. The van der Waals surface area contributed by atoms with Gasteiger partial charge in [-0.2, -0.15) is 0 Å². The fourth-order valence-corrected chi connectivity index (χ4v) is 10.5. The Hall–Kier alpha value is -4.87. The highest BCUT2D eigenvalue weighted by Gasteiger charge is 2.40. The molecule has 0 aliphatic carbocycles. The third kappa shape index (κ3) is 6.32. The molecule has 0 fully saturated rings. The maximum atomic E-state index is 5.84. The van der Waals surface area contributed by atoms with E-state index in [-0.39, 0.29) is 0 Å². The Bertz CT molecular complexity index is 1710. The molecule has 3 nitrogen and oxygen atoms in total. The van der Waals surface area contributed by atoms with E-state index < -0.39 is 8.07 Å². The van der Waals surface area contributed by atoms with E-state index in [4.69, 9.17) is 9.72 Å². The zero-order valence-electron chi connectivity index (χ0n) is 24.5. The topological polar surface area (TPSA) is 27.1 Å². The number of rotatable bonds is 11. The first-order valence-electron chi connectivity index (χ1n) is 14.9. The molecule has 5 heteroatoms. The molecule has 6 rings (SSSR count). The van der Waals surface area contributed by atoms with E-state index in [0.717, 1.165) is 24.9 Å². The van der Waals surface area contributed by atoms with Crippen LogP contribution in [0.2, 0.25) is 0 Å². The van der Waals surface area contributed by atoms with Gasteiger partial charge < -0.3 is 9.30 Å². The Kier molecular flexibility index (Phi) is 8.81. The number of aromatic nitrogens is 2.